The Morgan fingerprint density at radius 3 is 2.39 bits per heavy atom. The maximum Gasteiger partial charge on any atom is 0.254 e. The standard InChI is InChI=1S/C13H17N3O2/c14-8-11-2-1-7-16(11)13(18)10-5-3-9(4-6-10)12(15)17/h3-6,11H,1-2,7-8,14H2,(H2,15,17)/t11-/m0/s1. The molecule has 2 rings (SSSR count). The Morgan fingerprint density at radius 1 is 1.22 bits per heavy atom. The van der Waals surface area contributed by atoms with Crippen molar-refractivity contribution >= 4 is 11.8 Å². The van der Waals surface area contributed by atoms with E-state index in [0.717, 1.165) is 19.4 Å². The lowest BCUT2D eigenvalue weighted by Crippen LogP contribution is -2.39. The number of rotatable bonds is 3. The van der Waals surface area contributed by atoms with E-state index in [1.54, 1.807) is 29.2 Å². The summed E-state index contributed by atoms with van der Waals surface area (Å²) in [7, 11) is 0. The molecule has 1 fully saturated rings. The molecule has 4 N–H and O–H groups in total. The second-order valence-corrected chi connectivity index (χ2v) is 4.47. The maximum absolute atomic E-state index is 12.3. The molecule has 0 aromatic heterocycles. The van der Waals surface area contributed by atoms with Crippen LogP contribution in [0.15, 0.2) is 24.3 Å². The van der Waals surface area contributed by atoms with Crippen LogP contribution in [0.4, 0.5) is 0 Å². The molecule has 1 saturated heterocycles. The molecule has 5 nitrogen and oxygen atoms in total. The van der Waals surface area contributed by atoms with Crippen LogP contribution in [0.1, 0.15) is 33.6 Å². The Hall–Kier alpha value is -1.88. The van der Waals surface area contributed by atoms with Crippen LogP contribution < -0.4 is 11.5 Å². The monoisotopic (exact) mass is 247 g/mol. The highest BCUT2D eigenvalue weighted by molar-refractivity contribution is 5.97. The number of hydrogen-bond donors (Lipinski definition) is 2. The van der Waals surface area contributed by atoms with Crippen molar-refractivity contribution < 1.29 is 9.59 Å². The first kappa shape index (κ1) is 12.6. The Balaban J connectivity index is 2.16. The summed E-state index contributed by atoms with van der Waals surface area (Å²) in [4.78, 5) is 25.0. The van der Waals surface area contributed by atoms with Crippen molar-refractivity contribution in [3.8, 4) is 0 Å². The van der Waals surface area contributed by atoms with E-state index < -0.39 is 5.91 Å². The van der Waals surface area contributed by atoms with Crippen molar-refractivity contribution in [1.82, 2.24) is 4.90 Å². The van der Waals surface area contributed by atoms with Gasteiger partial charge in [0.15, 0.2) is 0 Å². The highest BCUT2D eigenvalue weighted by Crippen LogP contribution is 2.19. The molecule has 0 radical (unpaired) electrons. The first-order chi connectivity index (χ1) is 8.63. The molecule has 0 unspecified atom stereocenters. The average molecular weight is 247 g/mol. The van der Waals surface area contributed by atoms with Gasteiger partial charge in [-0.15, -0.1) is 0 Å². The highest BCUT2D eigenvalue weighted by Gasteiger charge is 2.28. The fourth-order valence-corrected chi connectivity index (χ4v) is 2.29. The summed E-state index contributed by atoms with van der Waals surface area (Å²) in [6, 6.07) is 6.54. The molecular formula is C13H17N3O2. The third kappa shape index (κ3) is 2.36. The third-order valence-corrected chi connectivity index (χ3v) is 3.33. The molecule has 96 valence electrons. The molecule has 0 aliphatic carbocycles. The number of nitrogens with two attached hydrogens (primary N) is 2. The van der Waals surface area contributed by atoms with Crippen molar-refractivity contribution in [3.05, 3.63) is 35.4 Å². The van der Waals surface area contributed by atoms with Crippen molar-refractivity contribution in [2.75, 3.05) is 13.1 Å². The van der Waals surface area contributed by atoms with Crippen LogP contribution in [0.3, 0.4) is 0 Å². The molecule has 0 spiro atoms. The minimum atomic E-state index is -0.491. The van der Waals surface area contributed by atoms with Gasteiger partial charge in [0.1, 0.15) is 0 Å². The van der Waals surface area contributed by atoms with Crippen LogP contribution >= 0.6 is 0 Å². The number of carbonyl (C=O) groups excluding carboxylic acids is 2. The van der Waals surface area contributed by atoms with Gasteiger partial charge < -0.3 is 16.4 Å². The van der Waals surface area contributed by atoms with E-state index in [1.807, 2.05) is 0 Å². The Kier molecular flexibility index (Phi) is 3.62. The molecule has 1 heterocycles. The zero-order chi connectivity index (χ0) is 13.1. The van der Waals surface area contributed by atoms with Crippen molar-refractivity contribution in [2.24, 2.45) is 11.5 Å². The van der Waals surface area contributed by atoms with Gasteiger partial charge in [0.05, 0.1) is 0 Å². The molecule has 18 heavy (non-hydrogen) atoms. The summed E-state index contributed by atoms with van der Waals surface area (Å²) in [5.74, 6) is -0.519. The smallest absolute Gasteiger partial charge is 0.254 e. The van der Waals surface area contributed by atoms with Crippen molar-refractivity contribution in [2.45, 2.75) is 18.9 Å². The van der Waals surface area contributed by atoms with E-state index in [-0.39, 0.29) is 11.9 Å². The quantitative estimate of drug-likeness (QED) is 0.807. The molecular weight excluding hydrogens is 230 g/mol. The first-order valence-corrected chi connectivity index (χ1v) is 6.04. The topological polar surface area (TPSA) is 89.4 Å². The molecule has 5 heteroatoms. The van der Waals surface area contributed by atoms with Crippen LogP contribution in [0, 0.1) is 0 Å². The van der Waals surface area contributed by atoms with Gasteiger partial charge >= 0.3 is 0 Å². The number of carbonyl (C=O) groups is 2. The number of primary amides is 1. The summed E-state index contributed by atoms with van der Waals surface area (Å²) in [5.41, 5.74) is 11.8. The van der Waals surface area contributed by atoms with Crippen molar-refractivity contribution in [3.63, 3.8) is 0 Å². The summed E-state index contributed by atoms with van der Waals surface area (Å²) >= 11 is 0. The minimum Gasteiger partial charge on any atom is -0.366 e. The van der Waals surface area contributed by atoms with E-state index >= 15 is 0 Å². The van der Waals surface area contributed by atoms with Crippen molar-refractivity contribution in [1.29, 1.82) is 0 Å². The Morgan fingerprint density at radius 2 is 1.83 bits per heavy atom. The van der Waals surface area contributed by atoms with Gasteiger partial charge in [-0.25, -0.2) is 0 Å². The van der Waals surface area contributed by atoms with Gasteiger partial charge in [0.2, 0.25) is 5.91 Å². The second kappa shape index (κ2) is 5.18. The molecule has 1 aliphatic heterocycles. The SMILES string of the molecule is NC[C@@H]1CCCN1C(=O)c1ccc(C(N)=O)cc1. The van der Waals surface area contributed by atoms with Crippen LogP contribution in [-0.2, 0) is 0 Å². The number of nitrogens with zero attached hydrogens (tertiary/aromatic N) is 1. The van der Waals surface area contributed by atoms with E-state index in [0.29, 0.717) is 17.7 Å². The van der Waals surface area contributed by atoms with Gasteiger partial charge in [-0.05, 0) is 37.1 Å². The largest absolute Gasteiger partial charge is 0.366 e. The van der Waals surface area contributed by atoms with Gasteiger partial charge in [0.25, 0.3) is 5.91 Å². The van der Waals surface area contributed by atoms with E-state index in [4.69, 9.17) is 11.5 Å². The summed E-state index contributed by atoms with van der Waals surface area (Å²) in [5, 5.41) is 0. The predicted molar refractivity (Wildman–Crippen MR) is 68.1 cm³/mol. The lowest BCUT2D eigenvalue weighted by Gasteiger charge is -2.23. The summed E-state index contributed by atoms with van der Waals surface area (Å²) < 4.78 is 0. The van der Waals surface area contributed by atoms with E-state index in [9.17, 15) is 9.59 Å². The van der Waals surface area contributed by atoms with Crippen LogP contribution in [-0.4, -0.2) is 35.8 Å². The Labute approximate surface area is 106 Å². The first-order valence-electron chi connectivity index (χ1n) is 6.04. The molecule has 1 aliphatic rings. The third-order valence-electron chi connectivity index (χ3n) is 3.33. The fourth-order valence-electron chi connectivity index (χ4n) is 2.29. The zero-order valence-electron chi connectivity index (χ0n) is 10.1. The van der Waals surface area contributed by atoms with Crippen LogP contribution in [0.25, 0.3) is 0 Å². The summed E-state index contributed by atoms with van der Waals surface area (Å²) in [6.45, 7) is 1.24. The van der Waals surface area contributed by atoms with Gasteiger partial charge in [-0.1, -0.05) is 0 Å². The number of hydrogen-bond acceptors (Lipinski definition) is 3. The predicted octanol–water partition coefficient (Wildman–Crippen LogP) is 0.349. The number of likely N-dealkylation sites (tertiary alicyclic amines) is 1. The zero-order valence-corrected chi connectivity index (χ0v) is 10.1. The lowest BCUT2D eigenvalue weighted by atomic mass is 10.1. The van der Waals surface area contributed by atoms with Gasteiger partial charge in [-0.3, -0.25) is 9.59 Å². The van der Waals surface area contributed by atoms with Gasteiger partial charge in [-0.2, -0.15) is 0 Å². The number of amides is 2. The fraction of sp³-hybridized carbons (Fsp3) is 0.385. The van der Waals surface area contributed by atoms with E-state index in [1.165, 1.54) is 0 Å². The molecule has 0 saturated carbocycles. The lowest BCUT2D eigenvalue weighted by molar-refractivity contribution is 0.0740. The average Bonchev–Trinajstić information content (AvgIpc) is 2.86. The maximum atomic E-state index is 12.3. The molecule has 1 atom stereocenters. The van der Waals surface area contributed by atoms with Gasteiger partial charge in [0, 0.05) is 30.3 Å². The van der Waals surface area contributed by atoms with E-state index in [2.05, 4.69) is 0 Å². The van der Waals surface area contributed by atoms with Crippen LogP contribution in [0.5, 0.6) is 0 Å². The highest BCUT2D eigenvalue weighted by atomic mass is 16.2. The normalized spacial score (nSPS) is 18.9. The van der Waals surface area contributed by atoms with Crippen LogP contribution in [0.2, 0.25) is 0 Å². The molecule has 1 aromatic carbocycles. The molecule has 0 bridgehead atoms. The molecule has 1 aromatic rings. The number of benzene rings is 1. The second-order valence-electron chi connectivity index (χ2n) is 4.47. The Bertz CT molecular complexity index is 456. The molecule has 2 amide bonds. The minimum absolute atomic E-state index is 0.0287. The summed E-state index contributed by atoms with van der Waals surface area (Å²) in [6.07, 6.45) is 1.95.